The first-order chi connectivity index (χ1) is 14.1. The summed E-state index contributed by atoms with van der Waals surface area (Å²) in [5.74, 6) is -1.21. The molecule has 1 aliphatic carbocycles. The Morgan fingerprint density at radius 3 is 2.24 bits per heavy atom. The number of halogens is 1. The van der Waals surface area contributed by atoms with Gasteiger partial charge in [0.1, 0.15) is 11.9 Å². The van der Waals surface area contributed by atoms with E-state index >= 15 is 0 Å². The van der Waals surface area contributed by atoms with Crippen molar-refractivity contribution >= 4 is 11.8 Å². The van der Waals surface area contributed by atoms with Gasteiger partial charge in [0.15, 0.2) is 0 Å². The van der Waals surface area contributed by atoms with Crippen molar-refractivity contribution in [3.63, 3.8) is 0 Å². The second kappa shape index (κ2) is 7.87. The van der Waals surface area contributed by atoms with Crippen LogP contribution in [0.2, 0.25) is 0 Å². The van der Waals surface area contributed by atoms with Gasteiger partial charge in [0, 0.05) is 5.56 Å². The number of nitrogens with zero attached hydrogens (tertiary/aromatic N) is 1. The quantitative estimate of drug-likeness (QED) is 0.713. The van der Waals surface area contributed by atoms with Crippen molar-refractivity contribution in [3.05, 3.63) is 107 Å². The van der Waals surface area contributed by atoms with Crippen molar-refractivity contribution in [2.24, 2.45) is 5.73 Å². The van der Waals surface area contributed by atoms with Gasteiger partial charge in [0.2, 0.25) is 5.91 Å². The number of amides is 2. The summed E-state index contributed by atoms with van der Waals surface area (Å²) in [5.41, 5.74) is 8.22. The molecule has 0 heterocycles. The van der Waals surface area contributed by atoms with Crippen LogP contribution in [-0.4, -0.2) is 16.7 Å². The van der Waals surface area contributed by atoms with E-state index in [1.807, 2.05) is 18.2 Å². The molecule has 3 aromatic rings. The highest BCUT2D eigenvalue weighted by Gasteiger charge is 2.39. The third-order valence-corrected chi connectivity index (χ3v) is 5.44. The Hall–Kier alpha value is -3.47. The van der Waals surface area contributed by atoms with Gasteiger partial charge >= 0.3 is 0 Å². The second-order valence-corrected chi connectivity index (χ2v) is 7.16. The molecule has 0 spiro atoms. The second-order valence-electron chi connectivity index (χ2n) is 7.16. The van der Waals surface area contributed by atoms with Crippen molar-refractivity contribution in [2.75, 3.05) is 0 Å². The first-order valence-corrected chi connectivity index (χ1v) is 9.57. The van der Waals surface area contributed by atoms with Crippen LogP contribution >= 0.6 is 0 Å². The number of carbonyl (C=O) groups excluding carboxylic acids is 2. The molecule has 4 nitrogen and oxygen atoms in total. The third kappa shape index (κ3) is 3.51. The van der Waals surface area contributed by atoms with E-state index in [1.165, 1.54) is 11.0 Å². The van der Waals surface area contributed by atoms with E-state index in [9.17, 15) is 14.0 Å². The Morgan fingerprint density at radius 1 is 0.931 bits per heavy atom. The van der Waals surface area contributed by atoms with Crippen LogP contribution in [0, 0.1) is 5.82 Å². The normalized spacial score (nSPS) is 16.1. The molecule has 0 aromatic heterocycles. The lowest BCUT2D eigenvalue weighted by Gasteiger charge is -2.36. The van der Waals surface area contributed by atoms with E-state index in [0.29, 0.717) is 29.5 Å². The summed E-state index contributed by atoms with van der Waals surface area (Å²) in [6.07, 6.45) is 1.04. The van der Waals surface area contributed by atoms with E-state index in [2.05, 4.69) is 0 Å². The van der Waals surface area contributed by atoms with Crippen molar-refractivity contribution in [1.82, 2.24) is 4.90 Å². The molecule has 0 radical (unpaired) electrons. The first-order valence-electron chi connectivity index (χ1n) is 9.57. The Bertz CT molecular complexity index is 1040. The van der Waals surface area contributed by atoms with Crippen molar-refractivity contribution < 1.29 is 14.0 Å². The standard InChI is InChI=1S/C24H21FN2O2/c25-20-13-7-12-19-18(20)14-15-21(19)27(24(29)17-10-5-2-6-11-17)22(23(26)28)16-8-3-1-4-9-16/h1-13,21-22H,14-15H2,(H2,26,28)/t21-,22?/m1/s1. The molecule has 3 aromatic carbocycles. The van der Waals surface area contributed by atoms with Crippen LogP contribution in [-0.2, 0) is 11.2 Å². The average Bonchev–Trinajstić information content (AvgIpc) is 3.17. The average molecular weight is 388 g/mol. The highest BCUT2D eigenvalue weighted by atomic mass is 19.1. The number of hydrogen-bond acceptors (Lipinski definition) is 2. The predicted octanol–water partition coefficient (Wildman–Crippen LogP) is 4.18. The molecule has 0 saturated carbocycles. The number of hydrogen-bond donors (Lipinski definition) is 1. The minimum absolute atomic E-state index is 0.285. The molecule has 2 N–H and O–H groups in total. The Balaban J connectivity index is 1.86. The lowest BCUT2D eigenvalue weighted by molar-refractivity contribution is -0.123. The highest BCUT2D eigenvalue weighted by molar-refractivity contribution is 5.98. The Morgan fingerprint density at radius 2 is 1.59 bits per heavy atom. The van der Waals surface area contributed by atoms with Gasteiger partial charge in [0.05, 0.1) is 6.04 Å². The number of rotatable bonds is 5. The molecule has 0 fully saturated rings. The number of carbonyl (C=O) groups is 2. The topological polar surface area (TPSA) is 63.4 Å². The number of primary amides is 1. The summed E-state index contributed by atoms with van der Waals surface area (Å²) in [6.45, 7) is 0. The largest absolute Gasteiger partial charge is 0.368 e. The van der Waals surface area contributed by atoms with Crippen LogP contribution in [0.3, 0.4) is 0 Å². The maximum atomic E-state index is 14.3. The van der Waals surface area contributed by atoms with Gasteiger partial charge in [-0.05, 0) is 47.7 Å². The molecular formula is C24H21FN2O2. The summed E-state index contributed by atoms with van der Waals surface area (Å²) in [6, 6.07) is 21.3. The fourth-order valence-corrected chi connectivity index (χ4v) is 4.14. The smallest absolute Gasteiger partial charge is 0.255 e. The van der Waals surface area contributed by atoms with Crippen molar-refractivity contribution in [1.29, 1.82) is 0 Å². The molecule has 29 heavy (non-hydrogen) atoms. The summed E-state index contributed by atoms with van der Waals surface area (Å²) >= 11 is 0. The molecule has 0 bridgehead atoms. The third-order valence-electron chi connectivity index (χ3n) is 5.44. The molecule has 2 atom stereocenters. The number of benzene rings is 3. The lowest BCUT2D eigenvalue weighted by Crippen LogP contribution is -2.43. The zero-order chi connectivity index (χ0) is 20.4. The minimum atomic E-state index is -0.955. The summed E-state index contributed by atoms with van der Waals surface area (Å²) < 4.78 is 14.3. The maximum absolute atomic E-state index is 14.3. The van der Waals surface area contributed by atoms with Crippen molar-refractivity contribution in [2.45, 2.75) is 24.9 Å². The zero-order valence-corrected chi connectivity index (χ0v) is 15.8. The molecule has 1 aliphatic rings. The molecular weight excluding hydrogens is 367 g/mol. The minimum Gasteiger partial charge on any atom is -0.368 e. The SMILES string of the molecule is NC(=O)C(c1ccccc1)N(C(=O)c1ccccc1)[C@@H]1CCc2c(F)cccc21. The van der Waals surface area contributed by atoms with E-state index < -0.39 is 18.0 Å². The molecule has 0 saturated heterocycles. The van der Waals surface area contributed by atoms with Crippen LogP contribution in [0.4, 0.5) is 4.39 Å². The zero-order valence-electron chi connectivity index (χ0n) is 15.8. The molecule has 4 rings (SSSR count). The van der Waals surface area contributed by atoms with Gasteiger partial charge in [-0.2, -0.15) is 0 Å². The van der Waals surface area contributed by atoms with E-state index in [0.717, 1.165) is 5.56 Å². The van der Waals surface area contributed by atoms with Gasteiger partial charge in [-0.1, -0.05) is 60.7 Å². The molecule has 146 valence electrons. The van der Waals surface area contributed by atoms with Crippen molar-refractivity contribution in [3.8, 4) is 0 Å². The summed E-state index contributed by atoms with van der Waals surface area (Å²) in [5, 5.41) is 0. The predicted molar refractivity (Wildman–Crippen MR) is 108 cm³/mol. The Kier molecular flexibility index (Phi) is 5.12. The lowest BCUT2D eigenvalue weighted by atomic mass is 9.98. The van der Waals surface area contributed by atoms with Gasteiger partial charge < -0.3 is 10.6 Å². The van der Waals surface area contributed by atoms with Gasteiger partial charge in [-0.3, -0.25) is 9.59 Å². The molecule has 5 heteroatoms. The van der Waals surface area contributed by atoms with E-state index in [4.69, 9.17) is 5.73 Å². The fraction of sp³-hybridized carbons (Fsp3) is 0.167. The van der Waals surface area contributed by atoms with Crippen LogP contribution in [0.1, 0.15) is 45.6 Å². The van der Waals surface area contributed by atoms with Crippen LogP contribution < -0.4 is 5.73 Å². The summed E-state index contributed by atoms with van der Waals surface area (Å²) in [7, 11) is 0. The number of nitrogens with two attached hydrogens (primary N) is 1. The van der Waals surface area contributed by atoms with Gasteiger partial charge in [-0.15, -0.1) is 0 Å². The number of fused-ring (bicyclic) bond motifs is 1. The molecule has 1 unspecified atom stereocenters. The molecule has 2 amide bonds. The van der Waals surface area contributed by atoms with Crippen LogP contribution in [0.15, 0.2) is 78.9 Å². The van der Waals surface area contributed by atoms with Gasteiger partial charge in [-0.25, -0.2) is 4.39 Å². The maximum Gasteiger partial charge on any atom is 0.255 e. The Labute approximate surface area is 168 Å². The van der Waals surface area contributed by atoms with E-state index in [-0.39, 0.29) is 11.7 Å². The monoisotopic (exact) mass is 388 g/mol. The summed E-state index contributed by atoms with van der Waals surface area (Å²) in [4.78, 5) is 27.7. The first kappa shape index (κ1) is 18.9. The fourth-order valence-electron chi connectivity index (χ4n) is 4.14. The highest BCUT2D eigenvalue weighted by Crippen LogP contribution is 2.41. The van der Waals surface area contributed by atoms with E-state index in [1.54, 1.807) is 54.6 Å². The van der Waals surface area contributed by atoms with Crippen LogP contribution in [0.5, 0.6) is 0 Å². The van der Waals surface area contributed by atoms with Crippen LogP contribution in [0.25, 0.3) is 0 Å². The molecule has 0 aliphatic heterocycles. The van der Waals surface area contributed by atoms with Gasteiger partial charge in [0.25, 0.3) is 5.91 Å².